The van der Waals surface area contributed by atoms with Crippen molar-refractivity contribution in [2.75, 3.05) is 0 Å². The fourth-order valence-corrected chi connectivity index (χ4v) is 3.73. The number of benzene rings is 1. The van der Waals surface area contributed by atoms with Crippen molar-refractivity contribution >= 4 is 5.97 Å². The van der Waals surface area contributed by atoms with E-state index in [1.165, 1.54) is 5.57 Å². The molecule has 0 aromatic heterocycles. The first kappa shape index (κ1) is 19.6. The normalized spacial score (nSPS) is 21.0. The zero-order valence-electron chi connectivity index (χ0n) is 16.0. The fourth-order valence-electron chi connectivity index (χ4n) is 3.73. The highest BCUT2D eigenvalue weighted by molar-refractivity contribution is 5.78. The van der Waals surface area contributed by atoms with Crippen molar-refractivity contribution in [3.8, 4) is 0 Å². The van der Waals surface area contributed by atoms with Crippen molar-refractivity contribution < 1.29 is 18.3 Å². The largest absolute Gasteiger partial charge is 0.461 e. The third-order valence-electron chi connectivity index (χ3n) is 5.30. The molecular formula is C21H28F2O2. The Bertz CT molecular complexity index is 672. The Labute approximate surface area is 149 Å². The summed E-state index contributed by atoms with van der Waals surface area (Å²) < 4.78 is 33.6. The van der Waals surface area contributed by atoms with Crippen molar-refractivity contribution in [2.45, 2.75) is 61.0 Å². The molecule has 1 aliphatic rings. The highest BCUT2D eigenvalue weighted by Gasteiger charge is 2.61. The molecule has 0 spiro atoms. The third-order valence-corrected chi connectivity index (χ3v) is 5.30. The third kappa shape index (κ3) is 3.78. The van der Waals surface area contributed by atoms with Gasteiger partial charge in [0.1, 0.15) is 18.2 Å². The summed E-state index contributed by atoms with van der Waals surface area (Å²) >= 11 is 0. The van der Waals surface area contributed by atoms with Crippen LogP contribution in [-0.4, -0.2) is 5.97 Å². The first-order valence-electron chi connectivity index (χ1n) is 8.95. The average Bonchev–Trinajstić information content (AvgIpc) is 3.04. The molecule has 1 saturated carbocycles. The molecule has 2 atom stereocenters. The lowest BCUT2D eigenvalue weighted by molar-refractivity contribution is -0.147. The van der Waals surface area contributed by atoms with Gasteiger partial charge in [-0.15, -0.1) is 0 Å². The molecule has 0 bridgehead atoms. The second-order valence-electron chi connectivity index (χ2n) is 7.66. The summed E-state index contributed by atoms with van der Waals surface area (Å²) in [6, 6.07) is 0.928. The van der Waals surface area contributed by atoms with E-state index >= 15 is 0 Å². The lowest BCUT2D eigenvalue weighted by Gasteiger charge is -2.15. The number of hydrogen-bond acceptors (Lipinski definition) is 2. The molecule has 25 heavy (non-hydrogen) atoms. The van der Waals surface area contributed by atoms with Gasteiger partial charge in [0.05, 0.1) is 5.92 Å². The molecule has 4 heteroatoms. The second kappa shape index (κ2) is 7.27. The SMILES string of the molecule is CCc1c(F)cc(F)c(CC)c1COC(=O)[C@@H]1[C@@H](C=C(C)C)C1(C)C. The van der Waals surface area contributed by atoms with E-state index in [2.05, 4.69) is 6.08 Å². The van der Waals surface area contributed by atoms with Crippen LogP contribution in [0.25, 0.3) is 0 Å². The predicted octanol–water partition coefficient (Wildman–Crippen LogP) is 5.37. The minimum absolute atomic E-state index is 0.0754. The molecule has 0 saturated heterocycles. The van der Waals surface area contributed by atoms with Gasteiger partial charge in [0, 0.05) is 11.6 Å². The van der Waals surface area contributed by atoms with Crippen LogP contribution in [0.2, 0.25) is 0 Å². The van der Waals surface area contributed by atoms with Crippen molar-refractivity contribution in [1.29, 1.82) is 0 Å². The van der Waals surface area contributed by atoms with E-state index in [-0.39, 0.29) is 29.8 Å². The first-order chi connectivity index (χ1) is 11.6. The Morgan fingerprint density at radius 1 is 1.12 bits per heavy atom. The average molecular weight is 350 g/mol. The van der Waals surface area contributed by atoms with Crippen LogP contribution in [0.15, 0.2) is 17.7 Å². The van der Waals surface area contributed by atoms with Crippen LogP contribution in [0.4, 0.5) is 8.78 Å². The van der Waals surface area contributed by atoms with E-state index in [1.54, 1.807) is 0 Å². The van der Waals surface area contributed by atoms with Crippen LogP contribution < -0.4 is 0 Å². The summed E-state index contributed by atoms with van der Waals surface area (Å²) in [4.78, 5) is 12.5. The topological polar surface area (TPSA) is 26.3 Å². The number of ether oxygens (including phenoxy) is 1. The van der Waals surface area contributed by atoms with Gasteiger partial charge in [0.15, 0.2) is 0 Å². The van der Waals surface area contributed by atoms with E-state index in [1.807, 2.05) is 41.5 Å². The fraction of sp³-hybridized carbons (Fsp3) is 0.571. The van der Waals surface area contributed by atoms with Gasteiger partial charge in [0.25, 0.3) is 0 Å². The monoisotopic (exact) mass is 350 g/mol. The zero-order chi connectivity index (χ0) is 18.9. The molecular weight excluding hydrogens is 322 g/mol. The van der Waals surface area contributed by atoms with Crippen molar-refractivity contribution in [2.24, 2.45) is 17.3 Å². The summed E-state index contributed by atoms with van der Waals surface area (Å²) in [6.07, 6.45) is 2.96. The molecule has 138 valence electrons. The minimum atomic E-state index is -0.572. The Balaban J connectivity index is 2.20. The second-order valence-corrected chi connectivity index (χ2v) is 7.66. The molecule has 0 amide bonds. The van der Waals surface area contributed by atoms with Gasteiger partial charge >= 0.3 is 5.97 Å². The maximum absolute atomic E-state index is 14.1. The number of rotatable bonds is 6. The Kier molecular flexibility index (Phi) is 5.70. The summed E-state index contributed by atoms with van der Waals surface area (Å²) in [5.74, 6) is -1.47. The van der Waals surface area contributed by atoms with Gasteiger partial charge in [-0.05, 0) is 49.1 Å². The van der Waals surface area contributed by atoms with E-state index in [0.717, 1.165) is 6.07 Å². The minimum Gasteiger partial charge on any atom is -0.461 e. The van der Waals surface area contributed by atoms with Crippen LogP contribution in [0, 0.1) is 28.9 Å². The van der Waals surface area contributed by atoms with Crippen LogP contribution in [0.3, 0.4) is 0 Å². The molecule has 1 aromatic rings. The summed E-state index contributed by atoms with van der Waals surface area (Å²) in [7, 11) is 0. The standard InChI is InChI=1S/C21H28F2O2/c1-7-13-15(14(8-2)18(23)10-17(13)22)11-25-20(24)19-16(9-12(3)4)21(19,5)6/h9-10,16,19H,7-8,11H2,1-6H3/t16-,19+/m1/s1. The molecule has 0 unspecified atom stereocenters. The van der Waals surface area contributed by atoms with Crippen LogP contribution in [0.5, 0.6) is 0 Å². The quantitative estimate of drug-likeness (QED) is 0.509. The molecule has 1 aromatic carbocycles. The number of hydrogen-bond donors (Lipinski definition) is 0. The molecule has 0 heterocycles. The summed E-state index contributed by atoms with van der Waals surface area (Å²) in [5.41, 5.74) is 2.38. The predicted molar refractivity (Wildman–Crippen MR) is 95.1 cm³/mol. The zero-order valence-corrected chi connectivity index (χ0v) is 16.0. The molecule has 0 radical (unpaired) electrons. The number of esters is 1. The van der Waals surface area contributed by atoms with Crippen molar-refractivity contribution in [3.05, 3.63) is 46.0 Å². The number of halogens is 2. The number of carbonyl (C=O) groups excluding carboxylic acids is 1. The summed E-state index contributed by atoms with van der Waals surface area (Å²) in [5, 5.41) is 0. The Hall–Kier alpha value is -1.71. The smallest absolute Gasteiger partial charge is 0.310 e. The number of allylic oxidation sites excluding steroid dienone is 2. The molecule has 2 rings (SSSR count). The van der Waals surface area contributed by atoms with Crippen LogP contribution in [-0.2, 0) is 29.0 Å². The maximum atomic E-state index is 14.1. The highest BCUT2D eigenvalue weighted by Crippen LogP contribution is 2.59. The molecule has 0 aliphatic heterocycles. The lowest BCUT2D eigenvalue weighted by Crippen LogP contribution is -2.14. The van der Waals surface area contributed by atoms with Gasteiger partial charge in [-0.25, -0.2) is 8.78 Å². The van der Waals surface area contributed by atoms with E-state index in [9.17, 15) is 13.6 Å². The van der Waals surface area contributed by atoms with Gasteiger partial charge in [-0.1, -0.05) is 39.3 Å². The van der Waals surface area contributed by atoms with Crippen LogP contribution in [0.1, 0.15) is 58.2 Å². The highest BCUT2D eigenvalue weighted by atomic mass is 19.1. The Morgan fingerprint density at radius 2 is 1.64 bits per heavy atom. The van der Waals surface area contributed by atoms with Crippen molar-refractivity contribution in [3.63, 3.8) is 0 Å². The van der Waals surface area contributed by atoms with Gasteiger partial charge in [-0.3, -0.25) is 4.79 Å². The van der Waals surface area contributed by atoms with Gasteiger partial charge < -0.3 is 4.74 Å². The lowest BCUT2D eigenvalue weighted by atomic mass is 9.97. The van der Waals surface area contributed by atoms with Gasteiger partial charge in [0.2, 0.25) is 0 Å². The van der Waals surface area contributed by atoms with Crippen molar-refractivity contribution in [1.82, 2.24) is 0 Å². The molecule has 2 nitrogen and oxygen atoms in total. The molecule has 1 fully saturated rings. The first-order valence-corrected chi connectivity index (χ1v) is 8.95. The molecule has 0 N–H and O–H groups in total. The maximum Gasteiger partial charge on any atom is 0.310 e. The van der Waals surface area contributed by atoms with Crippen LogP contribution >= 0.6 is 0 Å². The van der Waals surface area contributed by atoms with E-state index in [4.69, 9.17) is 4.74 Å². The van der Waals surface area contributed by atoms with E-state index < -0.39 is 11.6 Å². The van der Waals surface area contributed by atoms with E-state index in [0.29, 0.717) is 29.5 Å². The Morgan fingerprint density at radius 3 is 2.08 bits per heavy atom. The van der Waals surface area contributed by atoms with Gasteiger partial charge in [-0.2, -0.15) is 0 Å². The summed E-state index contributed by atoms with van der Waals surface area (Å²) in [6.45, 7) is 11.7. The molecule has 1 aliphatic carbocycles. The number of carbonyl (C=O) groups is 1.